The van der Waals surface area contributed by atoms with Crippen LogP contribution in [0.1, 0.15) is 12.8 Å². The number of hydrogen-bond donors (Lipinski definition) is 5. The highest BCUT2D eigenvalue weighted by molar-refractivity contribution is 5.79. The maximum absolute atomic E-state index is 11.8. The number of amides is 1. The van der Waals surface area contributed by atoms with Crippen LogP contribution < -0.4 is 10.6 Å². The van der Waals surface area contributed by atoms with E-state index in [2.05, 4.69) is 10.6 Å². The van der Waals surface area contributed by atoms with Crippen LogP contribution in [-0.2, 0) is 4.79 Å². The number of rotatable bonds is 5. The third-order valence-corrected chi connectivity index (χ3v) is 2.96. The van der Waals surface area contributed by atoms with E-state index in [1.54, 1.807) is 0 Å². The Hall–Kier alpha value is -0.690. The van der Waals surface area contributed by atoms with Crippen LogP contribution in [0.3, 0.4) is 0 Å². The van der Waals surface area contributed by atoms with Gasteiger partial charge < -0.3 is 26.0 Å². The fourth-order valence-corrected chi connectivity index (χ4v) is 1.71. The molecular weight excluding hydrogens is 212 g/mol. The summed E-state index contributed by atoms with van der Waals surface area (Å²) < 4.78 is 0. The standard InChI is InChI=1S/C10H20N2O4/c13-5-10(6-14,7-15)12-9(16)8-2-1-3-11-4-8/h8,11,13-15H,1-7H2,(H,12,16)/t8-/m1/s1. The van der Waals surface area contributed by atoms with Gasteiger partial charge in [0.15, 0.2) is 0 Å². The summed E-state index contributed by atoms with van der Waals surface area (Å²) in [5.41, 5.74) is -1.31. The Bertz CT molecular complexity index is 217. The average molecular weight is 232 g/mol. The van der Waals surface area contributed by atoms with Gasteiger partial charge in [-0.05, 0) is 19.4 Å². The van der Waals surface area contributed by atoms with Gasteiger partial charge in [-0.25, -0.2) is 0 Å². The molecule has 6 nitrogen and oxygen atoms in total. The van der Waals surface area contributed by atoms with E-state index in [9.17, 15) is 4.79 Å². The maximum atomic E-state index is 11.8. The summed E-state index contributed by atoms with van der Waals surface area (Å²) in [4.78, 5) is 11.8. The minimum absolute atomic E-state index is 0.155. The molecule has 0 aromatic heterocycles. The van der Waals surface area contributed by atoms with Crippen LogP contribution in [0.5, 0.6) is 0 Å². The van der Waals surface area contributed by atoms with Crippen molar-refractivity contribution in [1.82, 2.24) is 10.6 Å². The topological polar surface area (TPSA) is 102 Å². The van der Waals surface area contributed by atoms with E-state index < -0.39 is 25.4 Å². The van der Waals surface area contributed by atoms with Gasteiger partial charge >= 0.3 is 0 Å². The van der Waals surface area contributed by atoms with E-state index in [-0.39, 0.29) is 11.8 Å². The predicted molar refractivity (Wildman–Crippen MR) is 57.7 cm³/mol. The largest absolute Gasteiger partial charge is 0.394 e. The molecule has 0 unspecified atom stereocenters. The molecule has 0 bridgehead atoms. The summed E-state index contributed by atoms with van der Waals surface area (Å²) in [6, 6.07) is 0. The van der Waals surface area contributed by atoms with E-state index >= 15 is 0 Å². The van der Waals surface area contributed by atoms with Gasteiger partial charge in [-0.2, -0.15) is 0 Å². The Morgan fingerprint density at radius 3 is 2.38 bits per heavy atom. The van der Waals surface area contributed by atoms with Crippen molar-refractivity contribution in [2.45, 2.75) is 18.4 Å². The maximum Gasteiger partial charge on any atom is 0.225 e. The third kappa shape index (κ3) is 3.15. The molecule has 16 heavy (non-hydrogen) atoms. The summed E-state index contributed by atoms with van der Waals surface area (Å²) in [6.45, 7) is 0.0722. The Kier molecular flexibility index (Phi) is 5.14. The zero-order chi connectivity index (χ0) is 12.0. The molecule has 1 saturated heterocycles. The second-order valence-electron chi connectivity index (χ2n) is 4.29. The van der Waals surface area contributed by atoms with Crippen molar-refractivity contribution >= 4 is 5.91 Å². The van der Waals surface area contributed by atoms with Crippen LogP contribution >= 0.6 is 0 Å². The number of carbonyl (C=O) groups is 1. The van der Waals surface area contributed by atoms with Gasteiger partial charge in [0.2, 0.25) is 5.91 Å². The van der Waals surface area contributed by atoms with Crippen LogP contribution in [0.2, 0.25) is 0 Å². The summed E-state index contributed by atoms with van der Waals surface area (Å²) in [7, 11) is 0. The Balaban J connectivity index is 2.53. The molecule has 1 aliphatic rings. The van der Waals surface area contributed by atoms with E-state index in [4.69, 9.17) is 15.3 Å². The van der Waals surface area contributed by atoms with Crippen LogP contribution in [0, 0.1) is 5.92 Å². The van der Waals surface area contributed by atoms with E-state index in [0.717, 1.165) is 19.4 Å². The second kappa shape index (κ2) is 6.15. The van der Waals surface area contributed by atoms with Crippen LogP contribution in [-0.4, -0.2) is 59.7 Å². The van der Waals surface area contributed by atoms with Crippen molar-refractivity contribution in [3.05, 3.63) is 0 Å². The molecule has 0 saturated carbocycles. The number of nitrogens with one attached hydrogen (secondary N) is 2. The summed E-state index contributed by atoms with van der Waals surface area (Å²) >= 11 is 0. The van der Waals surface area contributed by atoms with Crippen molar-refractivity contribution in [3.8, 4) is 0 Å². The van der Waals surface area contributed by atoms with Crippen LogP contribution in [0.4, 0.5) is 0 Å². The normalized spacial score (nSPS) is 21.8. The lowest BCUT2D eigenvalue weighted by Crippen LogP contribution is -2.59. The number of aliphatic hydroxyl groups is 3. The quantitative estimate of drug-likeness (QED) is 0.371. The first-order valence-electron chi connectivity index (χ1n) is 5.53. The number of piperidine rings is 1. The lowest BCUT2D eigenvalue weighted by Gasteiger charge is -2.31. The molecule has 5 N–H and O–H groups in total. The van der Waals surface area contributed by atoms with Gasteiger partial charge in [0.25, 0.3) is 0 Å². The molecule has 0 spiro atoms. The molecule has 1 aliphatic heterocycles. The molecule has 1 amide bonds. The van der Waals surface area contributed by atoms with Gasteiger partial charge in [0, 0.05) is 6.54 Å². The zero-order valence-electron chi connectivity index (χ0n) is 9.28. The Morgan fingerprint density at radius 2 is 1.94 bits per heavy atom. The zero-order valence-corrected chi connectivity index (χ0v) is 9.28. The predicted octanol–water partition coefficient (Wildman–Crippen LogP) is -2.18. The fourth-order valence-electron chi connectivity index (χ4n) is 1.71. The number of aliphatic hydroxyl groups excluding tert-OH is 3. The Morgan fingerprint density at radius 1 is 1.31 bits per heavy atom. The molecule has 1 heterocycles. The first-order chi connectivity index (χ1) is 7.67. The van der Waals surface area contributed by atoms with Gasteiger partial charge in [0.1, 0.15) is 5.54 Å². The van der Waals surface area contributed by atoms with Crippen molar-refractivity contribution in [1.29, 1.82) is 0 Å². The number of carbonyl (C=O) groups excluding carboxylic acids is 1. The Labute approximate surface area is 94.7 Å². The lowest BCUT2D eigenvalue weighted by molar-refractivity contribution is -0.129. The van der Waals surface area contributed by atoms with Crippen molar-refractivity contribution in [2.24, 2.45) is 5.92 Å². The summed E-state index contributed by atoms with van der Waals surface area (Å²) in [6.07, 6.45) is 1.72. The minimum atomic E-state index is -1.31. The molecule has 1 rings (SSSR count). The lowest BCUT2D eigenvalue weighted by atomic mass is 9.96. The van der Waals surface area contributed by atoms with E-state index in [0.29, 0.717) is 6.54 Å². The molecule has 1 fully saturated rings. The summed E-state index contributed by atoms with van der Waals surface area (Å²) in [5.74, 6) is -0.387. The van der Waals surface area contributed by atoms with Gasteiger partial charge in [-0.15, -0.1) is 0 Å². The first kappa shape index (κ1) is 13.4. The van der Waals surface area contributed by atoms with Crippen molar-refractivity contribution in [2.75, 3.05) is 32.9 Å². The minimum Gasteiger partial charge on any atom is -0.394 e. The fraction of sp³-hybridized carbons (Fsp3) is 0.900. The summed E-state index contributed by atoms with van der Waals surface area (Å²) in [5, 5.41) is 32.8. The van der Waals surface area contributed by atoms with Gasteiger partial charge in [0.05, 0.1) is 25.7 Å². The van der Waals surface area contributed by atoms with Gasteiger partial charge in [-0.1, -0.05) is 0 Å². The molecule has 0 radical (unpaired) electrons. The average Bonchev–Trinajstić information content (AvgIpc) is 2.37. The van der Waals surface area contributed by atoms with Crippen LogP contribution in [0.15, 0.2) is 0 Å². The third-order valence-electron chi connectivity index (χ3n) is 2.96. The van der Waals surface area contributed by atoms with Crippen molar-refractivity contribution < 1.29 is 20.1 Å². The molecular formula is C10H20N2O4. The molecule has 6 heteroatoms. The number of hydrogen-bond acceptors (Lipinski definition) is 5. The molecule has 94 valence electrons. The second-order valence-corrected chi connectivity index (χ2v) is 4.29. The van der Waals surface area contributed by atoms with E-state index in [1.807, 2.05) is 0 Å². The van der Waals surface area contributed by atoms with Crippen molar-refractivity contribution in [3.63, 3.8) is 0 Å². The highest BCUT2D eigenvalue weighted by atomic mass is 16.3. The highest BCUT2D eigenvalue weighted by Gasteiger charge is 2.32. The smallest absolute Gasteiger partial charge is 0.225 e. The highest BCUT2D eigenvalue weighted by Crippen LogP contribution is 2.12. The van der Waals surface area contributed by atoms with E-state index in [1.165, 1.54) is 0 Å². The van der Waals surface area contributed by atoms with Crippen LogP contribution in [0.25, 0.3) is 0 Å². The monoisotopic (exact) mass is 232 g/mol. The van der Waals surface area contributed by atoms with Gasteiger partial charge in [-0.3, -0.25) is 4.79 Å². The molecule has 0 aliphatic carbocycles. The molecule has 0 aromatic carbocycles. The SMILES string of the molecule is O=C(NC(CO)(CO)CO)[C@@H]1CCCNC1. The molecule has 1 atom stereocenters. The molecule has 0 aromatic rings. The first-order valence-corrected chi connectivity index (χ1v) is 5.53.